The molecule has 0 saturated heterocycles. The number of aryl methyl sites for hydroxylation is 1. The molecule has 150 valence electrons. The minimum absolute atomic E-state index is 0.192. The Kier molecular flexibility index (Phi) is 5.43. The van der Waals surface area contributed by atoms with Crippen LogP contribution in [0.1, 0.15) is 31.8 Å². The van der Waals surface area contributed by atoms with Crippen LogP contribution in [0.15, 0.2) is 71.8 Å². The van der Waals surface area contributed by atoms with Crippen LogP contribution >= 0.6 is 0 Å². The second-order valence-corrected chi connectivity index (χ2v) is 6.68. The van der Waals surface area contributed by atoms with Crippen molar-refractivity contribution in [3.63, 3.8) is 0 Å². The molecule has 2 amide bonds. The smallest absolute Gasteiger partial charge is 0.273 e. The number of hydrazone groups is 1. The normalized spacial score (nSPS) is 12.0. The Morgan fingerprint density at radius 3 is 2.63 bits per heavy atom. The first-order valence-electron chi connectivity index (χ1n) is 9.30. The van der Waals surface area contributed by atoms with Crippen molar-refractivity contribution in [3.8, 4) is 11.5 Å². The van der Waals surface area contributed by atoms with E-state index in [0.717, 1.165) is 11.1 Å². The third kappa shape index (κ3) is 4.30. The summed E-state index contributed by atoms with van der Waals surface area (Å²) in [7, 11) is 0. The highest BCUT2D eigenvalue weighted by atomic mass is 16.7. The Bertz CT molecular complexity index is 1140. The fraction of sp³-hybridized carbons (Fsp3) is 0.0870. The lowest BCUT2D eigenvalue weighted by Gasteiger charge is -2.10. The summed E-state index contributed by atoms with van der Waals surface area (Å²) in [5.74, 6) is 0.582. The van der Waals surface area contributed by atoms with Gasteiger partial charge in [-0.3, -0.25) is 9.59 Å². The van der Waals surface area contributed by atoms with Crippen molar-refractivity contribution in [2.45, 2.75) is 6.92 Å². The number of amides is 2. The predicted molar refractivity (Wildman–Crippen MR) is 113 cm³/mol. The average molecular weight is 401 g/mol. The molecule has 0 spiro atoms. The van der Waals surface area contributed by atoms with Gasteiger partial charge in [0.15, 0.2) is 11.5 Å². The van der Waals surface area contributed by atoms with E-state index in [1.807, 2.05) is 19.1 Å². The molecule has 0 radical (unpaired) electrons. The maximum atomic E-state index is 12.6. The van der Waals surface area contributed by atoms with Crippen LogP contribution in [0.25, 0.3) is 0 Å². The molecular weight excluding hydrogens is 382 g/mol. The highest BCUT2D eigenvalue weighted by molar-refractivity contribution is 6.09. The summed E-state index contributed by atoms with van der Waals surface area (Å²) in [5, 5.41) is 6.79. The number of ether oxygens (including phenoxy) is 2. The molecule has 3 aromatic rings. The van der Waals surface area contributed by atoms with Gasteiger partial charge >= 0.3 is 0 Å². The van der Waals surface area contributed by atoms with E-state index in [1.54, 1.807) is 54.6 Å². The molecule has 7 nitrogen and oxygen atoms in total. The third-order valence-corrected chi connectivity index (χ3v) is 4.48. The number of nitrogens with one attached hydrogen (secondary N) is 2. The van der Waals surface area contributed by atoms with Crippen molar-refractivity contribution in [2.24, 2.45) is 5.10 Å². The molecule has 0 fully saturated rings. The van der Waals surface area contributed by atoms with Gasteiger partial charge in [0.05, 0.1) is 17.5 Å². The van der Waals surface area contributed by atoms with Gasteiger partial charge in [0, 0.05) is 5.56 Å². The van der Waals surface area contributed by atoms with Crippen LogP contribution in [0.3, 0.4) is 0 Å². The number of carbonyl (C=O) groups excluding carboxylic acids is 2. The lowest BCUT2D eigenvalue weighted by molar-refractivity contribution is 0.0956. The number of benzene rings is 3. The first kappa shape index (κ1) is 19.2. The topological polar surface area (TPSA) is 89.0 Å². The number of rotatable bonds is 5. The van der Waals surface area contributed by atoms with E-state index in [1.165, 1.54) is 6.21 Å². The summed E-state index contributed by atoms with van der Waals surface area (Å²) in [6.07, 6.45) is 1.51. The quantitative estimate of drug-likeness (QED) is 0.504. The van der Waals surface area contributed by atoms with Crippen molar-refractivity contribution in [3.05, 3.63) is 89.0 Å². The van der Waals surface area contributed by atoms with Crippen molar-refractivity contribution < 1.29 is 19.1 Å². The minimum Gasteiger partial charge on any atom is -0.454 e. The van der Waals surface area contributed by atoms with Crippen molar-refractivity contribution in [1.82, 2.24) is 5.43 Å². The molecule has 3 aromatic carbocycles. The minimum atomic E-state index is -0.438. The maximum Gasteiger partial charge on any atom is 0.273 e. The first-order valence-corrected chi connectivity index (χ1v) is 9.30. The Balaban J connectivity index is 1.45. The Morgan fingerprint density at radius 1 is 0.933 bits per heavy atom. The molecule has 1 heterocycles. The Labute approximate surface area is 173 Å². The summed E-state index contributed by atoms with van der Waals surface area (Å²) in [6.45, 7) is 2.11. The number of nitrogens with zero attached hydrogens (tertiary/aromatic N) is 1. The average Bonchev–Trinajstić information content (AvgIpc) is 3.22. The molecular formula is C23H19N3O4. The van der Waals surface area contributed by atoms with Crippen molar-refractivity contribution in [1.29, 1.82) is 0 Å². The van der Waals surface area contributed by atoms with Crippen LogP contribution in [-0.4, -0.2) is 24.8 Å². The van der Waals surface area contributed by atoms with Crippen LogP contribution in [0, 0.1) is 6.92 Å². The van der Waals surface area contributed by atoms with Gasteiger partial charge in [-0.2, -0.15) is 5.10 Å². The standard InChI is InChI=1S/C23H19N3O4/c1-15-5-4-6-17(11-15)22(27)25-19-8-3-2-7-18(19)23(28)26-24-13-16-9-10-20-21(12-16)30-14-29-20/h2-13H,14H2,1H3,(H,25,27)(H,26,28)/b24-13-. The zero-order valence-corrected chi connectivity index (χ0v) is 16.2. The second kappa shape index (κ2) is 8.48. The molecule has 0 atom stereocenters. The van der Waals surface area contributed by atoms with E-state index in [4.69, 9.17) is 9.47 Å². The summed E-state index contributed by atoms with van der Waals surface area (Å²) >= 11 is 0. The van der Waals surface area contributed by atoms with E-state index in [2.05, 4.69) is 15.8 Å². The summed E-state index contributed by atoms with van der Waals surface area (Å²) in [5.41, 5.74) is 5.44. The van der Waals surface area contributed by atoms with Crippen molar-refractivity contribution in [2.75, 3.05) is 12.1 Å². The van der Waals surface area contributed by atoms with Gasteiger partial charge in [0.25, 0.3) is 11.8 Å². The monoisotopic (exact) mass is 401 g/mol. The Morgan fingerprint density at radius 2 is 1.77 bits per heavy atom. The van der Waals surface area contributed by atoms with Gasteiger partial charge in [0.1, 0.15) is 0 Å². The van der Waals surface area contributed by atoms with Gasteiger partial charge in [-0.1, -0.05) is 29.8 Å². The van der Waals surface area contributed by atoms with Crippen LogP contribution in [0.5, 0.6) is 11.5 Å². The fourth-order valence-corrected chi connectivity index (χ4v) is 2.99. The zero-order valence-electron chi connectivity index (χ0n) is 16.2. The highest BCUT2D eigenvalue weighted by Gasteiger charge is 2.14. The van der Waals surface area contributed by atoms with E-state index in [9.17, 15) is 9.59 Å². The lowest BCUT2D eigenvalue weighted by atomic mass is 10.1. The van der Waals surface area contributed by atoms with E-state index in [0.29, 0.717) is 28.3 Å². The number of hydrogen-bond acceptors (Lipinski definition) is 5. The number of fused-ring (bicyclic) bond motifs is 1. The van der Waals surface area contributed by atoms with Crippen LogP contribution in [0.2, 0.25) is 0 Å². The lowest BCUT2D eigenvalue weighted by Crippen LogP contribution is -2.21. The van der Waals surface area contributed by atoms with Crippen LogP contribution in [0.4, 0.5) is 5.69 Å². The Hall–Kier alpha value is -4.13. The summed E-state index contributed by atoms with van der Waals surface area (Å²) < 4.78 is 10.6. The third-order valence-electron chi connectivity index (χ3n) is 4.48. The molecule has 1 aliphatic rings. The van der Waals surface area contributed by atoms with E-state index in [-0.39, 0.29) is 12.7 Å². The van der Waals surface area contributed by atoms with Gasteiger partial charge in [0.2, 0.25) is 6.79 Å². The molecule has 0 bridgehead atoms. The fourth-order valence-electron chi connectivity index (χ4n) is 2.99. The molecule has 0 aliphatic carbocycles. The number of hydrogen-bond donors (Lipinski definition) is 2. The number of para-hydroxylation sites is 1. The van der Waals surface area contributed by atoms with E-state index < -0.39 is 5.91 Å². The largest absolute Gasteiger partial charge is 0.454 e. The molecule has 0 aromatic heterocycles. The predicted octanol–water partition coefficient (Wildman–Crippen LogP) is 3.74. The maximum absolute atomic E-state index is 12.6. The molecule has 0 unspecified atom stereocenters. The van der Waals surface area contributed by atoms with Crippen molar-refractivity contribution >= 4 is 23.7 Å². The first-order chi connectivity index (χ1) is 14.6. The molecule has 1 aliphatic heterocycles. The second-order valence-electron chi connectivity index (χ2n) is 6.68. The molecule has 0 saturated carbocycles. The van der Waals surface area contributed by atoms with Gasteiger partial charge in [-0.25, -0.2) is 5.43 Å². The molecule has 2 N–H and O–H groups in total. The summed E-state index contributed by atoms with van der Waals surface area (Å²) in [4.78, 5) is 25.1. The number of anilines is 1. The SMILES string of the molecule is Cc1cccc(C(=O)Nc2ccccc2C(=O)N/N=C\c2ccc3c(c2)OCO3)c1. The molecule has 30 heavy (non-hydrogen) atoms. The highest BCUT2D eigenvalue weighted by Crippen LogP contribution is 2.31. The zero-order chi connectivity index (χ0) is 20.9. The van der Waals surface area contributed by atoms with Gasteiger partial charge in [-0.15, -0.1) is 0 Å². The summed E-state index contributed by atoms with van der Waals surface area (Å²) in [6, 6.07) is 19.4. The van der Waals surface area contributed by atoms with Crippen LogP contribution < -0.4 is 20.2 Å². The van der Waals surface area contributed by atoms with Crippen LogP contribution in [-0.2, 0) is 0 Å². The van der Waals surface area contributed by atoms with E-state index >= 15 is 0 Å². The van der Waals surface area contributed by atoms with Gasteiger partial charge < -0.3 is 14.8 Å². The molecule has 7 heteroatoms. The molecule has 4 rings (SSSR count). The number of carbonyl (C=O) groups is 2. The van der Waals surface area contributed by atoms with Gasteiger partial charge in [-0.05, 0) is 55.0 Å².